The van der Waals surface area contributed by atoms with Gasteiger partial charge in [-0.25, -0.2) is 9.89 Å². The minimum absolute atomic E-state index is 0.0131. The Balaban J connectivity index is 1.44. The molecule has 0 saturated heterocycles. The lowest BCUT2D eigenvalue weighted by atomic mass is 10.0. The predicted molar refractivity (Wildman–Crippen MR) is 129 cm³/mol. The van der Waals surface area contributed by atoms with Crippen molar-refractivity contribution in [2.24, 2.45) is 0 Å². The summed E-state index contributed by atoms with van der Waals surface area (Å²) < 4.78 is 5.45. The van der Waals surface area contributed by atoms with E-state index in [1.807, 2.05) is 42.5 Å². The van der Waals surface area contributed by atoms with Crippen molar-refractivity contribution in [3.8, 4) is 22.4 Å². The first-order valence-electron chi connectivity index (χ1n) is 10.5. The van der Waals surface area contributed by atoms with E-state index in [0.29, 0.717) is 22.1 Å². The average molecular weight is 477 g/mol. The lowest BCUT2D eigenvalue weighted by Gasteiger charge is -2.15. The van der Waals surface area contributed by atoms with Crippen LogP contribution in [0.1, 0.15) is 24.2 Å². The largest absolute Gasteiger partial charge is 0.481 e. The Morgan fingerprint density at radius 2 is 1.62 bits per heavy atom. The number of benzene rings is 3. The van der Waals surface area contributed by atoms with E-state index in [4.69, 9.17) is 21.4 Å². The second-order valence-corrected chi connectivity index (χ2v) is 7.98. The smallest absolute Gasteiger partial charge is 0.413 e. The summed E-state index contributed by atoms with van der Waals surface area (Å²) in [6, 6.07) is 22.1. The molecule has 0 aliphatic carbocycles. The second-order valence-electron chi connectivity index (χ2n) is 7.57. The maximum Gasteiger partial charge on any atom is 0.413 e. The summed E-state index contributed by atoms with van der Waals surface area (Å²) in [5.74, 6) is -0.557. The van der Waals surface area contributed by atoms with Gasteiger partial charge in [0.15, 0.2) is 5.82 Å². The van der Waals surface area contributed by atoms with Gasteiger partial charge < -0.3 is 9.84 Å². The van der Waals surface area contributed by atoms with Crippen LogP contribution < -0.4 is 5.32 Å². The number of carboxylic acid groups (broad SMARTS) is 1. The molecule has 8 nitrogen and oxygen atoms in total. The molecule has 4 rings (SSSR count). The zero-order chi connectivity index (χ0) is 24.1. The molecule has 0 fully saturated rings. The number of hydrogen-bond donors (Lipinski definition) is 3. The molecule has 4 aromatic rings. The monoisotopic (exact) mass is 476 g/mol. The van der Waals surface area contributed by atoms with Crippen molar-refractivity contribution in [3.05, 3.63) is 88.9 Å². The Kier molecular flexibility index (Phi) is 6.89. The minimum Gasteiger partial charge on any atom is -0.481 e. The van der Waals surface area contributed by atoms with Gasteiger partial charge in [-0.3, -0.25) is 10.1 Å². The second kappa shape index (κ2) is 10.2. The normalized spacial score (nSPS) is 11.6. The van der Waals surface area contributed by atoms with Crippen molar-refractivity contribution in [3.63, 3.8) is 0 Å². The summed E-state index contributed by atoms with van der Waals surface area (Å²) in [7, 11) is 0. The molecule has 1 heterocycles. The number of nitrogens with zero attached hydrogens (tertiary/aromatic N) is 2. The lowest BCUT2D eigenvalue weighted by Crippen LogP contribution is -2.17. The van der Waals surface area contributed by atoms with E-state index in [9.17, 15) is 9.59 Å². The van der Waals surface area contributed by atoms with Crippen molar-refractivity contribution >= 4 is 29.5 Å². The number of aliphatic carboxylic acids is 1. The molecule has 0 bridgehead atoms. The predicted octanol–water partition coefficient (Wildman–Crippen LogP) is 5.73. The Morgan fingerprint density at radius 1 is 1.00 bits per heavy atom. The van der Waals surface area contributed by atoms with Crippen LogP contribution in [0.2, 0.25) is 5.02 Å². The van der Waals surface area contributed by atoms with Crippen LogP contribution in [0.3, 0.4) is 0 Å². The van der Waals surface area contributed by atoms with Crippen LogP contribution in [-0.4, -0.2) is 32.6 Å². The minimum atomic E-state index is -0.865. The number of carboxylic acids is 1. The van der Waals surface area contributed by atoms with Crippen LogP contribution in [0.5, 0.6) is 0 Å². The van der Waals surface area contributed by atoms with Gasteiger partial charge in [-0.2, -0.15) is 0 Å². The van der Waals surface area contributed by atoms with Gasteiger partial charge in [0.1, 0.15) is 11.8 Å². The highest BCUT2D eigenvalue weighted by Crippen LogP contribution is 2.29. The molecular formula is C25H21ClN4O4. The fourth-order valence-electron chi connectivity index (χ4n) is 3.49. The molecule has 1 aromatic heterocycles. The van der Waals surface area contributed by atoms with Gasteiger partial charge in [0.25, 0.3) is 0 Å². The number of aromatic nitrogens is 3. The van der Waals surface area contributed by atoms with Crippen LogP contribution in [0, 0.1) is 0 Å². The third-order valence-corrected chi connectivity index (χ3v) is 5.55. The molecule has 0 radical (unpaired) electrons. The van der Waals surface area contributed by atoms with Crippen molar-refractivity contribution in [1.29, 1.82) is 0 Å². The first kappa shape index (κ1) is 23.0. The van der Waals surface area contributed by atoms with Crippen LogP contribution in [0.15, 0.2) is 72.8 Å². The highest BCUT2D eigenvalue weighted by atomic mass is 35.5. The zero-order valence-corrected chi connectivity index (χ0v) is 18.9. The fourth-order valence-corrected chi connectivity index (χ4v) is 3.78. The third-order valence-electron chi connectivity index (χ3n) is 5.20. The topological polar surface area (TPSA) is 117 Å². The van der Waals surface area contributed by atoms with E-state index >= 15 is 0 Å². The number of anilines is 1. The number of halogens is 1. The number of amides is 1. The number of carbonyl (C=O) groups excluding carboxylic acids is 1. The van der Waals surface area contributed by atoms with Crippen LogP contribution >= 0.6 is 11.6 Å². The Morgan fingerprint density at radius 3 is 2.26 bits per heavy atom. The van der Waals surface area contributed by atoms with E-state index < -0.39 is 18.2 Å². The van der Waals surface area contributed by atoms with Gasteiger partial charge in [-0.15, -0.1) is 5.10 Å². The van der Waals surface area contributed by atoms with E-state index in [1.54, 1.807) is 37.3 Å². The Hall–Kier alpha value is -4.17. The van der Waals surface area contributed by atoms with E-state index in [-0.39, 0.29) is 6.42 Å². The highest BCUT2D eigenvalue weighted by molar-refractivity contribution is 6.31. The van der Waals surface area contributed by atoms with E-state index in [1.165, 1.54) is 0 Å². The quantitative estimate of drug-likeness (QED) is 0.313. The molecule has 9 heteroatoms. The maximum atomic E-state index is 12.4. The summed E-state index contributed by atoms with van der Waals surface area (Å²) >= 11 is 6.17. The van der Waals surface area contributed by atoms with E-state index in [2.05, 4.69) is 20.7 Å². The summed E-state index contributed by atoms with van der Waals surface area (Å²) in [6.45, 7) is 1.74. The fraction of sp³-hybridized carbons (Fsp3) is 0.120. The summed E-state index contributed by atoms with van der Waals surface area (Å²) in [5, 5.41) is 22.6. The number of hydrogen-bond acceptors (Lipinski definition) is 5. The molecule has 1 amide bonds. The van der Waals surface area contributed by atoms with Crippen LogP contribution in [0.4, 0.5) is 10.6 Å². The molecular weight excluding hydrogens is 456 g/mol. The lowest BCUT2D eigenvalue weighted by molar-refractivity contribution is -0.136. The maximum absolute atomic E-state index is 12.4. The molecule has 0 spiro atoms. The number of H-pyrrole nitrogens is 1. The molecule has 0 saturated carbocycles. The van der Waals surface area contributed by atoms with Crippen molar-refractivity contribution in [2.75, 3.05) is 5.32 Å². The molecule has 1 atom stereocenters. The molecule has 3 aromatic carbocycles. The van der Waals surface area contributed by atoms with Gasteiger partial charge in [0.2, 0.25) is 0 Å². The standard InChI is InChI=1S/C25H21ClN4O4/c1-15(20-4-2-3-5-21(20)26)34-25(33)27-24-23(28-30-29-24)19-12-10-18(11-13-19)17-8-6-16(7-9-17)14-22(31)32/h2-13,15H,14H2,1H3,(H,31,32)(H2,27,28,29,30,33). The summed E-state index contributed by atoms with van der Waals surface area (Å²) in [5.41, 5.74) is 4.56. The zero-order valence-electron chi connectivity index (χ0n) is 18.2. The first-order chi connectivity index (χ1) is 16.4. The number of nitrogens with one attached hydrogen (secondary N) is 2. The van der Waals surface area contributed by atoms with E-state index in [0.717, 1.165) is 22.3 Å². The Bertz CT molecular complexity index is 1300. The molecule has 172 valence electrons. The summed E-state index contributed by atoms with van der Waals surface area (Å²) in [4.78, 5) is 23.3. The molecule has 34 heavy (non-hydrogen) atoms. The molecule has 1 unspecified atom stereocenters. The molecule has 3 N–H and O–H groups in total. The van der Waals surface area contributed by atoms with Gasteiger partial charge in [0, 0.05) is 16.1 Å². The van der Waals surface area contributed by atoms with Gasteiger partial charge in [-0.1, -0.05) is 83.5 Å². The van der Waals surface area contributed by atoms with Gasteiger partial charge in [0.05, 0.1) is 6.42 Å². The number of carbonyl (C=O) groups is 2. The third kappa shape index (κ3) is 5.41. The van der Waals surface area contributed by atoms with Gasteiger partial charge >= 0.3 is 12.1 Å². The average Bonchev–Trinajstić information content (AvgIpc) is 3.27. The van der Waals surface area contributed by atoms with Crippen molar-refractivity contribution in [2.45, 2.75) is 19.4 Å². The van der Waals surface area contributed by atoms with Crippen LogP contribution in [0.25, 0.3) is 22.4 Å². The molecule has 0 aliphatic rings. The SMILES string of the molecule is CC(OC(=O)Nc1[nH]nnc1-c1ccc(-c2ccc(CC(=O)O)cc2)cc1)c1ccccc1Cl. The Labute approximate surface area is 200 Å². The van der Waals surface area contributed by atoms with Crippen molar-refractivity contribution < 1.29 is 19.4 Å². The summed E-state index contributed by atoms with van der Waals surface area (Å²) in [6.07, 6.45) is -1.23. The highest BCUT2D eigenvalue weighted by Gasteiger charge is 2.18. The number of rotatable bonds is 7. The number of aromatic amines is 1. The van der Waals surface area contributed by atoms with Crippen molar-refractivity contribution in [1.82, 2.24) is 15.4 Å². The first-order valence-corrected chi connectivity index (χ1v) is 10.8. The van der Waals surface area contributed by atoms with Crippen LogP contribution in [-0.2, 0) is 16.0 Å². The molecule has 0 aliphatic heterocycles. The van der Waals surface area contributed by atoms with Gasteiger partial charge in [-0.05, 0) is 29.7 Å². The number of ether oxygens (including phenoxy) is 1.